The van der Waals surface area contributed by atoms with Gasteiger partial charge in [-0.05, 0) is 0 Å². The van der Waals surface area contributed by atoms with Gasteiger partial charge in [0.05, 0.1) is 0 Å². The maximum atomic E-state index is 2.51. The Kier molecular flexibility index (Phi) is 12.5. The van der Waals surface area contributed by atoms with Crippen molar-refractivity contribution < 1.29 is 57.7 Å². The second kappa shape index (κ2) is 11.3. The molecule has 2 unspecified atom stereocenters. The van der Waals surface area contributed by atoms with Crippen molar-refractivity contribution in [3.8, 4) is 0 Å². The summed E-state index contributed by atoms with van der Waals surface area (Å²) in [6.45, 7) is 9.53. The largest absolute Gasteiger partial charge is 1.00 e. The smallest absolute Gasteiger partial charge is 1.00 e. The Morgan fingerprint density at radius 1 is 1.00 bits per heavy atom. The molecule has 1 aromatic rings. The van der Waals surface area contributed by atoms with Crippen LogP contribution in [0.25, 0.3) is 0 Å². The van der Waals surface area contributed by atoms with E-state index in [-0.39, 0.29) is 40.6 Å². The zero-order chi connectivity index (χ0) is 15.5. The van der Waals surface area contributed by atoms with E-state index in [0.717, 1.165) is 0 Å². The molecule has 0 radical (unpaired) electrons. The van der Waals surface area contributed by atoms with Crippen molar-refractivity contribution in [2.75, 3.05) is 0 Å². The maximum Gasteiger partial charge on any atom is -1.00 e. The number of hydrogen-bond donors (Lipinski definition) is 0. The van der Waals surface area contributed by atoms with E-state index in [9.17, 15) is 0 Å². The quantitative estimate of drug-likeness (QED) is 0.400. The molecular weight excluding hydrogens is 411 g/mol. The molecule has 0 amide bonds. The molecule has 0 heterocycles. The van der Waals surface area contributed by atoms with Crippen molar-refractivity contribution in [1.82, 2.24) is 0 Å². The van der Waals surface area contributed by atoms with Gasteiger partial charge in [0.25, 0.3) is 0 Å². The summed E-state index contributed by atoms with van der Waals surface area (Å²) in [7, 11) is -1.61. The Morgan fingerprint density at radius 2 is 1.54 bits per heavy atom. The summed E-state index contributed by atoms with van der Waals surface area (Å²) < 4.78 is 0.271. The minimum atomic E-state index is -1.61. The number of allylic oxidation sites excluding steroid dienone is 4. The Bertz CT molecular complexity index is 541. The molecule has 0 spiro atoms. The second-order valence-corrected chi connectivity index (χ2v) is 13.2. The molecule has 132 valence electrons. The summed E-state index contributed by atoms with van der Waals surface area (Å²) >= 11 is 2.51. The van der Waals surface area contributed by atoms with Crippen LogP contribution in [-0.2, 0) is 20.4 Å². The normalized spacial score (nSPS) is 20.3. The Labute approximate surface area is 179 Å². The average Bonchev–Trinajstić information content (AvgIpc) is 2.92. The minimum absolute atomic E-state index is 0. The molecule has 0 nitrogen and oxygen atoms in total. The Balaban J connectivity index is 0. The van der Waals surface area contributed by atoms with Crippen molar-refractivity contribution in [3.63, 3.8) is 0 Å². The molecule has 0 saturated heterocycles. The summed E-state index contributed by atoms with van der Waals surface area (Å²) in [6.07, 6.45) is 8.47. The van der Waals surface area contributed by atoms with Crippen molar-refractivity contribution >= 4 is 13.3 Å². The van der Waals surface area contributed by atoms with Gasteiger partial charge in [-0.3, -0.25) is 0 Å². The SMILES string of the molecule is CCC(C)C1=CC=C[C]1([Ti+3])[Si](CC)(CC)c1ccccc1.[Cl-].[Cl-].[Cl-]. The first-order valence-electron chi connectivity index (χ1n) is 8.26. The first-order chi connectivity index (χ1) is 10.1. The fourth-order valence-electron chi connectivity index (χ4n) is 3.93. The van der Waals surface area contributed by atoms with E-state index in [0.29, 0.717) is 5.92 Å². The molecule has 0 N–H and O–H groups in total. The molecule has 0 fully saturated rings. The molecule has 5 heteroatoms. The number of hydrogen-bond acceptors (Lipinski definition) is 0. The number of benzene rings is 1. The minimum Gasteiger partial charge on any atom is -1.00 e. The van der Waals surface area contributed by atoms with Crippen molar-refractivity contribution in [3.05, 3.63) is 54.1 Å². The summed E-state index contributed by atoms with van der Waals surface area (Å²) in [5.41, 5.74) is 1.67. The van der Waals surface area contributed by atoms with Crippen molar-refractivity contribution in [2.24, 2.45) is 5.92 Å². The molecule has 2 rings (SSSR count). The average molecular weight is 438 g/mol. The monoisotopic (exact) mass is 436 g/mol. The van der Waals surface area contributed by atoms with E-state index >= 15 is 0 Å². The van der Waals surface area contributed by atoms with Gasteiger partial charge in [0.15, 0.2) is 0 Å². The van der Waals surface area contributed by atoms with Crippen LogP contribution in [0.1, 0.15) is 34.1 Å². The molecular formula is C19H27Cl3SiTi. The molecule has 0 bridgehead atoms. The standard InChI is InChI=1S/C19H27Si.3ClH.Ti/c1-5-16(4)18-14-11-15-19(18)20(6-2,7-3)17-12-9-8-10-13-17;;;;/h8-16H,5-7H2,1-4H3;3*1H;/q;;;;+3/p-3. The van der Waals surface area contributed by atoms with Gasteiger partial charge < -0.3 is 37.2 Å². The van der Waals surface area contributed by atoms with Gasteiger partial charge in [0, 0.05) is 0 Å². The summed E-state index contributed by atoms with van der Waals surface area (Å²) in [5.74, 6) is 0.679. The first-order valence-corrected chi connectivity index (χ1v) is 11.5. The van der Waals surface area contributed by atoms with Crippen LogP contribution in [0.3, 0.4) is 0 Å². The summed E-state index contributed by atoms with van der Waals surface area (Å²) in [5, 5.41) is 1.62. The third kappa shape index (κ3) is 4.42. The molecule has 2 atom stereocenters. The van der Waals surface area contributed by atoms with Crippen LogP contribution in [0.2, 0.25) is 15.4 Å². The molecule has 0 aromatic heterocycles. The van der Waals surface area contributed by atoms with Gasteiger partial charge in [0.2, 0.25) is 0 Å². The second-order valence-electron chi connectivity index (χ2n) is 6.25. The molecule has 0 saturated carbocycles. The molecule has 24 heavy (non-hydrogen) atoms. The van der Waals surface area contributed by atoms with Gasteiger partial charge in [0.1, 0.15) is 0 Å². The fourth-order valence-corrected chi connectivity index (χ4v) is 11.9. The maximum absolute atomic E-state index is 2.51. The van der Waals surface area contributed by atoms with Crippen LogP contribution in [0.4, 0.5) is 0 Å². The summed E-state index contributed by atoms with van der Waals surface area (Å²) in [4.78, 5) is 0. The van der Waals surface area contributed by atoms with Crippen LogP contribution in [0.15, 0.2) is 54.1 Å². The van der Waals surface area contributed by atoms with Gasteiger partial charge >= 0.3 is 143 Å². The van der Waals surface area contributed by atoms with E-state index in [1.165, 1.54) is 18.5 Å². The van der Waals surface area contributed by atoms with Crippen LogP contribution in [0, 0.1) is 5.92 Å². The molecule has 1 aliphatic rings. The van der Waals surface area contributed by atoms with Gasteiger partial charge in [-0.2, -0.15) is 0 Å². The molecule has 1 aromatic carbocycles. The third-order valence-corrected chi connectivity index (χ3v) is 14.3. The van der Waals surface area contributed by atoms with E-state index in [4.69, 9.17) is 0 Å². The third-order valence-electron chi connectivity index (χ3n) is 5.51. The number of rotatable bonds is 6. The Hall–Kier alpha value is 0.501. The summed E-state index contributed by atoms with van der Waals surface area (Å²) in [6, 6.07) is 14.0. The molecule has 1 aliphatic carbocycles. The number of halogens is 3. The van der Waals surface area contributed by atoms with Crippen LogP contribution in [-0.4, -0.2) is 8.07 Å². The van der Waals surface area contributed by atoms with E-state index in [1.807, 2.05) is 0 Å². The van der Waals surface area contributed by atoms with Gasteiger partial charge in [-0.25, -0.2) is 0 Å². The molecule has 0 aliphatic heterocycles. The van der Waals surface area contributed by atoms with Crippen molar-refractivity contribution in [1.29, 1.82) is 0 Å². The van der Waals surface area contributed by atoms with Gasteiger partial charge in [-0.1, -0.05) is 0 Å². The van der Waals surface area contributed by atoms with Crippen molar-refractivity contribution in [2.45, 2.75) is 49.5 Å². The van der Waals surface area contributed by atoms with Crippen LogP contribution >= 0.6 is 0 Å². The zero-order valence-electron chi connectivity index (χ0n) is 15.0. The van der Waals surface area contributed by atoms with Crippen LogP contribution < -0.4 is 42.4 Å². The zero-order valence-corrected chi connectivity index (χ0v) is 19.8. The topological polar surface area (TPSA) is 0 Å². The van der Waals surface area contributed by atoms with E-state index in [1.54, 1.807) is 10.8 Å². The van der Waals surface area contributed by atoms with E-state index in [2.05, 4.69) is 96.7 Å². The van der Waals surface area contributed by atoms with E-state index < -0.39 is 8.07 Å². The Morgan fingerprint density at radius 3 is 2.00 bits per heavy atom. The van der Waals surface area contributed by atoms with Gasteiger partial charge in [-0.15, -0.1) is 0 Å². The predicted molar refractivity (Wildman–Crippen MR) is 92.2 cm³/mol. The van der Waals surface area contributed by atoms with Crippen LogP contribution in [0.5, 0.6) is 0 Å². The fraction of sp³-hybridized carbons (Fsp3) is 0.474. The predicted octanol–water partition coefficient (Wildman–Crippen LogP) is -3.82. The first kappa shape index (κ1) is 26.7.